The highest BCUT2D eigenvalue weighted by atomic mass is 32.1. The van der Waals surface area contributed by atoms with Crippen molar-refractivity contribution in [3.05, 3.63) is 48.0 Å². The number of esters is 1. The van der Waals surface area contributed by atoms with Gasteiger partial charge in [-0.2, -0.15) is 0 Å². The van der Waals surface area contributed by atoms with Crippen LogP contribution in [-0.4, -0.2) is 41.6 Å². The molecule has 160 valence electrons. The maximum Gasteiger partial charge on any atom is 0.326 e. The molecule has 1 aliphatic rings. The van der Waals surface area contributed by atoms with Gasteiger partial charge in [-0.05, 0) is 36.8 Å². The molecule has 7 nitrogen and oxygen atoms in total. The predicted octanol–water partition coefficient (Wildman–Crippen LogP) is 4.33. The number of unbranched alkanes of at least 4 members (excludes halogenated alkanes) is 2. The number of amides is 1. The van der Waals surface area contributed by atoms with E-state index in [1.807, 2.05) is 35.7 Å². The molecular formula is C23H23N3O4S. The van der Waals surface area contributed by atoms with Gasteiger partial charge in [-0.3, -0.25) is 19.5 Å². The lowest BCUT2D eigenvalue weighted by molar-refractivity contribution is -0.143. The molecule has 4 rings (SSSR count). The number of ether oxygens (including phenoxy) is 2. The maximum atomic E-state index is 12.5. The molecule has 0 N–H and O–H groups in total. The lowest BCUT2D eigenvalue weighted by atomic mass is 10.1. The van der Waals surface area contributed by atoms with Crippen LogP contribution >= 0.6 is 11.3 Å². The molecular weight excluding hydrogens is 414 g/mol. The number of carbonyl (C=O) groups is 2. The smallest absolute Gasteiger partial charge is 0.326 e. The Labute approximate surface area is 184 Å². The molecule has 0 aliphatic carbocycles. The van der Waals surface area contributed by atoms with Crippen LogP contribution in [0.5, 0.6) is 5.75 Å². The number of benzene rings is 1. The van der Waals surface area contributed by atoms with Crippen LogP contribution in [-0.2, 0) is 14.3 Å². The highest BCUT2D eigenvalue weighted by molar-refractivity contribution is 7.13. The monoisotopic (exact) mass is 437 g/mol. The molecule has 0 saturated heterocycles. The summed E-state index contributed by atoms with van der Waals surface area (Å²) in [6, 6.07) is 11.2. The Balaban J connectivity index is 1.54. The van der Waals surface area contributed by atoms with Gasteiger partial charge in [-0.25, -0.2) is 4.98 Å². The van der Waals surface area contributed by atoms with Gasteiger partial charge in [-0.1, -0.05) is 25.8 Å². The minimum atomic E-state index is -0.422. The third-order valence-electron chi connectivity index (χ3n) is 4.88. The van der Waals surface area contributed by atoms with Gasteiger partial charge in [0.05, 0.1) is 23.7 Å². The Kier molecular flexibility index (Phi) is 6.57. The van der Waals surface area contributed by atoms with Gasteiger partial charge < -0.3 is 9.47 Å². The summed E-state index contributed by atoms with van der Waals surface area (Å²) in [6.07, 6.45) is 4.61. The number of anilines is 1. The van der Waals surface area contributed by atoms with Gasteiger partial charge in [-0.15, -0.1) is 11.3 Å². The third-order valence-corrected chi connectivity index (χ3v) is 5.75. The zero-order chi connectivity index (χ0) is 21.6. The number of thiazole rings is 1. The van der Waals surface area contributed by atoms with Crippen LogP contribution in [0.25, 0.3) is 22.0 Å². The summed E-state index contributed by atoms with van der Waals surface area (Å²) in [5.74, 6) is -0.140. The summed E-state index contributed by atoms with van der Waals surface area (Å²) in [5.41, 5.74) is 2.96. The summed E-state index contributed by atoms with van der Waals surface area (Å²) >= 11 is 1.50. The molecule has 1 aromatic carbocycles. The van der Waals surface area contributed by atoms with Gasteiger partial charge in [0.2, 0.25) is 0 Å². The van der Waals surface area contributed by atoms with Crippen LogP contribution < -0.4 is 9.64 Å². The Bertz CT molecular complexity index is 1070. The van der Waals surface area contributed by atoms with Gasteiger partial charge >= 0.3 is 5.97 Å². The number of carbonyl (C=O) groups excluding carboxylic acids is 2. The van der Waals surface area contributed by atoms with Crippen molar-refractivity contribution in [2.24, 2.45) is 0 Å². The lowest BCUT2D eigenvalue weighted by Gasteiger charge is -2.29. The zero-order valence-electron chi connectivity index (χ0n) is 17.2. The third kappa shape index (κ3) is 4.91. The van der Waals surface area contributed by atoms with Crippen LogP contribution in [0.3, 0.4) is 0 Å². The number of hydrogen-bond donors (Lipinski definition) is 0. The Morgan fingerprint density at radius 2 is 2.13 bits per heavy atom. The molecule has 1 aliphatic heterocycles. The summed E-state index contributed by atoms with van der Waals surface area (Å²) in [4.78, 5) is 35.2. The number of pyridine rings is 1. The average Bonchev–Trinajstić information content (AvgIpc) is 3.29. The van der Waals surface area contributed by atoms with Crippen molar-refractivity contribution in [3.8, 4) is 27.7 Å². The van der Waals surface area contributed by atoms with E-state index in [9.17, 15) is 9.59 Å². The van der Waals surface area contributed by atoms with E-state index in [0.717, 1.165) is 41.2 Å². The second-order valence-corrected chi connectivity index (χ2v) is 7.99. The van der Waals surface area contributed by atoms with Crippen molar-refractivity contribution in [1.82, 2.24) is 9.97 Å². The molecule has 2 aromatic heterocycles. The van der Waals surface area contributed by atoms with E-state index in [-0.39, 0.29) is 19.1 Å². The minimum absolute atomic E-state index is 0.101. The van der Waals surface area contributed by atoms with E-state index in [1.54, 1.807) is 12.3 Å². The first kappa shape index (κ1) is 21.0. The first-order valence-corrected chi connectivity index (χ1v) is 11.1. The molecule has 8 heteroatoms. The zero-order valence-corrected chi connectivity index (χ0v) is 18.1. The fourth-order valence-corrected chi connectivity index (χ4v) is 4.07. The molecule has 0 spiro atoms. The van der Waals surface area contributed by atoms with Gasteiger partial charge in [0, 0.05) is 17.1 Å². The molecule has 0 bridgehead atoms. The van der Waals surface area contributed by atoms with Crippen LogP contribution in [0.2, 0.25) is 0 Å². The quantitative estimate of drug-likeness (QED) is 0.385. The summed E-state index contributed by atoms with van der Waals surface area (Å²) in [6.45, 7) is 2.22. The van der Waals surface area contributed by atoms with Crippen LogP contribution in [0.4, 0.5) is 5.69 Å². The number of nitrogens with zero attached hydrogens (tertiary/aromatic N) is 3. The Morgan fingerprint density at radius 3 is 2.94 bits per heavy atom. The number of rotatable bonds is 8. The summed E-state index contributed by atoms with van der Waals surface area (Å²) < 4.78 is 10.8. The number of aromatic nitrogens is 2. The molecule has 0 radical (unpaired) electrons. The average molecular weight is 438 g/mol. The Morgan fingerprint density at radius 1 is 1.23 bits per heavy atom. The summed E-state index contributed by atoms with van der Waals surface area (Å²) in [7, 11) is 0. The first-order valence-electron chi connectivity index (χ1n) is 10.3. The second-order valence-electron chi connectivity index (χ2n) is 7.13. The molecule has 31 heavy (non-hydrogen) atoms. The first-order chi connectivity index (χ1) is 15.2. The van der Waals surface area contributed by atoms with E-state index >= 15 is 0 Å². The number of fused-ring (bicyclic) bond motifs is 1. The minimum Gasteiger partial charge on any atom is -0.482 e. The van der Waals surface area contributed by atoms with Crippen molar-refractivity contribution in [2.45, 2.75) is 26.2 Å². The molecule has 3 heterocycles. The van der Waals surface area contributed by atoms with Gasteiger partial charge in [0.1, 0.15) is 17.3 Å². The van der Waals surface area contributed by atoms with Crippen molar-refractivity contribution in [1.29, 1.82) is 0 Å². The number of hydrogen-bond acceptors (Lipinski definition) is 7. The van der Waals surface area contributed by atoms with E-state index in [4.69, 9.17) is 9.47 Å². The molecule has 0 saturated carbocycles. The van der Waals surface area contributed by atoms with Crippen molar-refractivity contribution in [3.63, 3.8) is 0 Å². The lowest BCUT2D eigenvalue weighted by Crippen LogP contribution is -2.42. The maximum absolute atomic E-state index is 12.5. The van der Waals surface area contributed by atoms with E-state index in [1.165, 1.54) is 16.2 Å². The van der Waals surface area contributed by atoms with Crippen LogP contribution in [0, 0.1) is 0 Å². The standard InChI is InChI=1S/C23H23N3O4S/c1-2-3-6-11-29-22(28)13-26-19-12-16(8-9-20(19)30-14-21(26)27)18-15-31-23(25-18)17-7-4-5-10-24-17/h4-5,7-10,12,15H,2-3,6,11,13-14H2,1H3. The molecule has 0 atom stereocenters. The molecule has 1 amide bonds. The summed E-state index contributed by atoms with van der Waals surface area (Å²) in [5, 5.41) is 2.76. The van der Waals surface area contributed by atoms with Gasteiger partial charge in [0.15, 0.2) is 6.61 Å². The van der Waals surface area contributed by atoms with Gasteiger partial charge in [0.25, 0.3) is 5.91 Å². The van der Waals surface area contributed by atoms with Crippen LogP contribution in [0.1, 0.15) is 26.2 Å². The van der Waals surface area contributed by atoms with E-state index in [2.05, 4.69) is 16.9 Å². The van der Waals surface area contributed by atoms with E-state index < -0.39 is 5.97 Å². The van der Waals surface area contributed by atoms with Crippen molar-refractivity contribution >= 4 is 28.9 Å². The highest BCUT2D eigenvalue weighted by Crippen LogP contribution is 2.37. The fraction of sp³-hybridized carbons (Fsp3) is 0.304. The molecule has 3 aromatic rings. The SMILES string of the molecule is CCCCCOC(=O)CN1C(=O)COc2ccc(-c3csc(-c4ccccn4)n3)cc21. The normalized spacial score (nSPS) is 12.9. The predicted molar refractivity (Wildman–Crippen MR) is 119 cm³/mol. The largest absolute Gasteiger partial charge is 0.482 e. The van der Waals surface area contributed by atoms with Crippen molar-refractivity contribution in [2.75, 3.05) is 24.7 Å². The molecule has 0 fully saturated rings. The second kappa shape index (κ2) is 9.70. The highest BCUT2D eigenvalue weighted by Gasteiger charge is 2.28. The van der Waals surface area contributed by atoms with Crippen LogP contribution in [0.15, 0.2) is 48.0 Å². The molecule has 0 unspecified atom stereocenters. The van der Waals surface area contributed by atoms with E-state index in [0.29, 0.717) is 18.0 Å². The Hall–Kier alpha value is -3.26. The fourth-order valence-electron chi connectivity index (χ4n) is 3.26. The topological polar surface area (TPSA) is 81.6 Å². The van der Waals surface area contributed by atoms with Crippen molar-refractivity contribution < 1.29 is 19.1 Å².